The van der Waals surface area contributed by atoms with Crippen LogP contribution >= 0.6 is 11.6 Å². The molecule has 0 unspecified atom stereocenters. The molecule has 0 saturated carbocycles. The first-order valence-electron chi connectivity index (χ1n) is 9.19. The normalized spacial score (nSPS) is 12.0. The molecule has 0 bridgehead atoms. The van der Waals surface area contributed by atoms with Gasteiger partial charge in [-0.05, 0) is 67.9 Å². The van der Waals surface area contributed by atoms with Gasteiger partial charge in [0.25, 0.3) is 5.91 Å². The van der Waals surface area contributed by atoms with E-state index in [9.17, 15) is 4.79 Å². The number of carbonyl (C=O) groups excluding carboxylic acids is 1. The van der Waals surface area contributed by atoms with Gasteiger partial charge in [0.2, 0.25) is 5.89 Å². The number of hydrogen-bond acceptors (Lipinski definition) is 4. The molecule has 0 fully saturated rings. The molecule has 0 aliphatic rings. The van der Waals surface area contributed by atoms with Gasteiger partial charge in [-0.2, -0.15) is 0 Å². The van der Waals surface area contributed by atoms with Gasteiger partial charge in [-0.25, -0.2) is 4.98 Å². The Morgan fingerprint density at radius 1 is 1.10 bits per heavy atom. The Morgan fingerprint density at radius 3 is 2.72 bits per heavy atom. The molecule has 146 valence electrons. The topological polar surface area (TPSA) is 64.4 Å². The first-order chi connectivity index (χ1) is 14.0. The lowest BCUT2D eigenvalue weighted by Crippen LogP contribution is -2.30. The Kier molecular flexibility index (Phi) is 5.23. The van der Waals surface area contributed by atoms with Gasteiger partial charge in [0.1, 0.15) is 11.3 Å². The Hall–Kier alpha value is -3.31. The molecule has 5 nitrogen and oxygen atoms in total. The van der Waals surface area contributed by atoms with E-state index in [4.69, 9.17) is 20.8 Å². The second-order valence-electron chi connectivity index (χ2n) is 6.73. The Morgan fingerprint density at radius 2 is 1.93 bits per heavy atom. The van der Waals surface area contributed by atoms with Crippen LogP contribution < -0.4 is 10.1 Å². The van der Waals surface area contributed by atoms with Crippen LogP contribution in [0.25, 0.3) is 22.6 Å². The number of hydrogen-bond donors (Lipinski definition) is 1. The van der Waals surface area contributed by atoms with Crippen LogP contribution in [0, 0.1) is 6.92 Å². The number of nitrogens with zero attached hydrogens (tertiary/aromatic N) is 1. The Bertz CT molecular complexity index is 1150. The van der Waals surface area contributed by atoms with Gasteiger partial charge in [-0.15, -0.1) is 0 Å². The van der Waals surface area contributed by atoms with Crippen molar-refractivity contribution in [2.24, 2.45) is 0 Å². The van der Waals surface area contributed by atoms with E-state index in [-0.39, 0.29) is 5.91 Å². The number of halogens is 1. The fourth-order valence-corrected chi connectivity index (χ4v) is 3.04. The predicted molar refractivity (Wildman–Crippen MR) is 114 cm³/mol. The molecule has 0 radical (unpaired) electrons. The van der Waals surface area contributed by atoms with E-state index in [1.165, 1.54) is 0 Å². The van der Waals surface area contributed by atoms with Crippen LogP contribution in [-0.4, -0.2) is 17.0 Å². The summed E-state index contributed by atoms with van der Waals surface area (Å²) in [5.41, 5.74) is 3.82. The number of fused-ring (bicyclic) bond motifs is 1. The number of rotatable bonds is 5. The number of anilines is 1. The van der Waals surface area contributed by atoms with Gasteiger partial charge in [-0.1, -0.05) is 29.8 Å². The Balaban J connectivity index is 1.48. The Labute approximate surface area is 173 Å². The zero-order valence-electron chi connectivity index (χ0n) is 16.0. The summed E-state index contributed by atoms with van der Waals surface area (Å²) in [7, 11) is 0. The molecule has 0 aliphatic carbocycles. The number of aryl methyl sites for hydroxylation is 1. The molecule has 6 heteroatoms. The summed E-state index contributed by atoms with van der Waals surface area (Å²) in [6.45, 7) is 3.58. The summed E-state index contributed by atoms with van der Waals surface area (Å²) in [5.74, 6) is 0.838. The zero-order chi connectivity index (χ0) is 20.4. The molecular weight excluding hydrogens is 388 g/mol. The van der Waals surface area contributed by atoms with Crippen LogP contribution in [0.3, 0.4) is 0 Å². The van der Waals surface area contributed by atoms with Crippen molar-refractivity contribution < 1.29 is 13.9 Å². The van der Waals surface area contributed by atoms with Crippen LogP contribution in [-0.2, 0) is 4.79 Å². The average Bonchev–Trinajstić information content (AvgIpc) is 3.15. The molecule has 4 aromatic rings. The molecule has 1 N–H and O–H groups in total. The van der Waals surface area contributed by atoms with Crippen LogP contribution in [0.1, 0.15) is 12.5 Å². The number of carbonyl (C=O) groups is 1. The minimum Gasteiger partial charge on any atom is -0.481 e. The third-order valence-corrected chi connectivity index (χ3v) is 4.91. The second kappa shape index (κ2) is 7.97. The van der Waals surface area contributed by atoms with Gasteiger partial charge >= 0.3 is 0 Å². The lowest BCUT2D eigenvalue weighted by molar-refractivity contribution is -0.122. The highest BCUT2D eigenvalue weighted by molar-refractivity contribution is 6.31. The standard InChI is InChI=1S/C23H19ClN2O3/c1-14-12-18(10-11-19(14)24)28-15(2)22(27)25-17-7-5-6-16(13-17)23-26-20-8-3-4-9-21(20)29-23/h3-13,15H,1-2H3,(H,25,27)/t15-/m0/s1. The summed E-state index contributed by atoms with van der Waals surface area (Å²) >= 11 is 6.03. The highest BCUT2D eigenvalue weighted by Gasteiger charge is 2.16. The number of para-hydroxylation sites is 2. The van der Waals surface area contributed by atoms with E-state index in [2.05, 4.69) is 10.3 Å². The van der Waals surface area contributed by atoms with Gasteiger partial charge in [0, 0.05) is 16.3 Å². The van der Waals surface area contributed by atoms with Crippen LogP contribution in [0.2, 0.25) is 5.02 Å². The van der Waals surface area contributed by atoms with Crippen molar-refractivity contribution in [3.05, 3.63) is 77.3 Å². The van der Waals surface area contributed by atoms with E-state index >= 15 is 0 Å². The summed E-state index contributed by atoms with van der Waals surface area (Å²) in [6.07, 6.45) is -0.677. The van der Waals surface area contributed by atoms with Crippen LogP contribution in [0.4, 0.5) is 5.69 Å². The highest BCUT2D eigenvalue weighted by atomic mass is 35.5. The number of ether oxygens (including phenoxy) is 1. The van der Waals surface area contributed by atoms with E-state index in [1.54, 1.807) is 25.1 Å². The minimum atomic E-state index is -0.677. The maximum atomic E-state index is 12.6. The van der Waals surface area contributed by atoms with Crippen LogP contribution in [0.5, 0.6) is 5.75 Å². The van der Waals surface area contributed by atoms with E-state index in [0.29, 0.717) is 22.4 Å². The van der Waals surface area contributed by atoms with Gasteiger partial charge in [-0.3, -0.25) is 4.79 Å². The molecule has 4 rings (SSSR count). The minimum absolute atomic E-state index is 0.257. The number of nitrogens with one attached hydrogen (secondary N) is 1. The lowest BCUT2D eigenvalue weighted by atomic mass is 10.2. The zero-order valence-corrected chi connectivity index (χ0v) is 16.7. The maximum Gasteiger partial charge on any atom is 0.265 e. The van der Waals surface area contributed by atoms with Gasteiger partial charge in [0.05, 0.1) is 0 Å². The maximum absolute atomic E-state index is 12.6. The van der Waals surface area contributed by atoms with E-state index < -0.39 is 6.10 Å². The number of oxazole rings is 1. The molecular formula is C23H19ClN2O3. The van der Waals surface area contributed by atoms with E-state index in [0.717, 1.165) is 22.2 Å². The van der Waals surface area contributed by atoms with Crippen LogP contribution in [0.15, 0.2) is 71.1 Å². The fourth-order valence-electron chi connectivity index (χ4n) is 2.92. The van der Waals surface area contributed by atoms with Gasteiger partial charge < -0.3 is 14.5 Å². The van der Waals surface area contributed by atoms with Crippen molar-refractivity contribution >= 4 is 34.3 Å². The predicted octanol–water partition coefficient (Wildman–Crippen LogP) is 5.86. The highest BCUT2D eigenvalue weighted by Crippen LogP contribution is 2.26. The average molecular weight is 407 g/mol. The molecule has 3 aromatic carbocycles. The largest absolute Gasteiger partial charge is 0.481 e. The number of aromatic nitrogens is 1. The molecule has 1 atom stereocenters. The number of amides is 1. The first kappa shape index (κ1) is 19.0. The molecule has 0 spiro atoms. The molecule has 1 heterocycles. The third kappa shape index (κ3) is 4.25. The van der Waals surface area contributed by atoms with Crippen molar-refractivity contribution in [2.75, 3.05) is 5.32 Å². The number of benzene rings is 3. The van der Waals surface area contributed by atoms with Gasteiger partial charge in [0.15, 0.2) is 11.7 Å². The SMILES string of the molecule is Cc1cc(O[C@@H](C)C(=O)Nc2cccc(-c3nc4ccccc4o3)c2)ccc1Cl. The fraction of sp³-hybridized carbons (Fsp3) is 0.130. The third-order valence-electron chi connectivity index (χ3n) is 4.48. The second-order valence-corrected chi connectivity index (χ2v) is 7.14. The molecule has 1 amide bonds. The molecule has 29 heavy (non-hydrogen) atoms. The van der Waals surface area contributed by atoms with Crippen molar-refractivity contribution in [1.29, 1.82) is 0 Å². The summed E-state index contributed by atoms with van der Waals surface area (Å²) in [6, 6.07) is 20.2. The molecule has 0 saturated heterocycles. The van der Waals surface area contributed by atoms with Crippen molar-refractivity contribution in [1.82, 2.24) is 4.98 Å². The molecule has 0 aliphatic heterocycles. The lowest BCUT2D eigenvalue weighted by Gasteiger charge is -2.15. The quantitative estimate of drug-likeness (QED) is 0.450. The summed E-state index contributed by atoms with van der Waals surface area (Å²) in [5, 5.41) is 3.53. The van der Waals surface area contributed by atoms with Crippen molar-refractivity contribution in [2.45, 2.75) is 20.0 Å². The van der Waals surface area contributed by atoms with E-state index in [1.807, 2.05) is 55.5 Å². The summed E-state index contributed by atoms with van der Waals surface area (Å²) < 4.78 is 11.5. The van der Waals surface area contributed by atoms with Crippen molar-refractivity contribution in [3.8, 4) is 17.2 Å². The smallest absolute Gasteiger partial charge is 0.265 e. The van der Waals surface area contributed by atoms with Crippen molar-refractivity contribution in [3.63, 3.8) is 0 Å². The first-order valence-corrected chi connectivity index (χ1v) is 9.57. The summed E-state index contributed by atoms with van der Waals surface area (Å²) in [4.78, 5) is 17.1. The molecule has 1 aromatic heterocycles. The monoisotopic (exact) mass is 406 g/mol.